The fraction of sp³-hybridized carbons (Fsp3) is 0.190. The minimum Gasteiger partial charge on any atom is -0.497 e. The second kappa shape index (κ2) is 8.39. The van der Waals surface area contributed by atoms with Gasteiger partial charge in [0.25, 0.3) is 5.91 Å². The minimum atomic E-state index is -0.377. The maximum absolute atomic E-state index is 12.7. The third-order valence-corrected chi connectivity index (χ3v) is 4.20. The highest BCUT2D eigenvalue weighted by Crippen LogP contribution is 2.29. The molecule has 0 atom stereocenters. The molecule has 0 radical (unpaired) electrons. The zero-order valence-corrected chi connectivity index (χ0v) is 16.2. The fourth-order valence-electron chi connectivity index (χ4n) is 2.74. The van der Waals surface area contributed by atoms with Gasteiger partial charge < -0.3 is 20.1 Å². The molecule has 0 aliphatic carbocycles. The molecule has 3 rings (SSSR count). The predicted molar refractivity (Wildman–Crippen MR) is 109 cm³/mol. The molecule has 0 aliphatic heterocycles. The summed E-state index contributed by atoms with van der Waals surface area (Å²) in [5, 5.41) is 6.02. The second-order valence-electron chi connectivity index (χ2n) is 6.25. The number of nitrogens with zero attached hydrogens (tertiary/aromatic N) is 2. The van der Waals surface area contributed by atoms with Gasteiger partial charge in [-0.15, -0.1) is 0 Å². The summed E-state index contributed by atoms with van der Waals surface area (Å²) in [5.74, 6) is 1.29. The third kappa shape index (κ3) is 4.37. The number of carbonyl (C=O) groups is 1. The number of nitrogens with one attached hydrogen (secondary N) is 2. The van der Waals surface area contributed by atoms with Gasteiger partial charge in [-0.25, -0.2) is 9.97 Å². The third-order valence-electron chi connectivity index (χ3n) is 4.20. The van der Waals surface area contributed by atoms with Crippen molar-refractivity contribution < 1.29 is 14.3 Å². The summed E-state index contributed by atoms with van der Waals surface area (Å²) in [6, 6.07) is 12.8. The van der Waals surface area contributed by atoms with Gasteiger partial charge in [0, 0.05) is 17.8 Å². The lowest BCUT2D eigenvalue weighted by Crippen LogP contribution is -2.15. The van der Waals surface area contributed by atoms with Crippen molar-refractivity contribution in [3.8, 4) is 11.5 Å². The van der Waals surface area contributed by atoms with Gasteiger partial charge in [0.1, 0.15) is 29.3 Å². The molecule has 1 heterocycles. The number of hydrogen-bond donors (Lipinski definition) is 2. The van der Waals surface area contributed by atoms with Crippen LogP contribution in [0, 0.1) is 13.8 Å². The Morgan fingerprint density at radius 2 is 1.75 bits per heavy atom. The van der Waals surface area contributed by atoms with Crippen LogP contribution < -0.4 is 20.1 Å². The molecule has 1 amide bonds. The Morgan fingerprint density at radius 1 is 0.929 bits per heavy atom. The SMILES string of the molecule is COc1ccc(OC)c(NC(=O)c2cc(Nc3ccc(C)cc3C)ncn2)c1. The van der Waals surface area contributed by atoms with E-state index >= 15 is 0 Å². The van der Waals surface area contributed by atoms with Crippen LogP contribution in [0.1, 0.15) is 21.6 Å². The average Bonchev–Trinajstić information content (AvgIpc) is 2.70. The summed E-state index contributed by atoms with van der Waals surface area (Å²) in [6.45, 7) is 4.05. The standard InChI is InChI=1S/C21H22N4O3/c1-13-5-7-16(14(2)9-13)24-20-11-18(22-12-23-20)21(26)25-17-10-15(27-3)6-8-19(17)28-4/h5-12H,1-4H3,(H,25,26)(H,22,23,24). The van der Waals surface area contributed by atoms with E-state index in [1.54, 1.807) is 31.4 Å². The number of benzene rings is 2. The van der Waals surface area contributed by atoms with Crippen molar-refractivity contribution >= 4 is 23.1 Å². The van der Waals surface area contributed by atoms with Crippen molar-refractivity contribution in [1.29, 1.82) is 0 Å². The largest absolute Gasteiger partial charge is 0.497 e. The number of methoxy groups -OCH3 is 2. The summed E-state index contributed by atoms with van der Waals surface area (Å²) >= 11 is 0. The number of carbonyl (C=O) groups excluding carboxylic acids is 1. The van der Waals surface area contributed by atoms with Crippen LogP contribution >= 0.6 is 0 Å². The van der Waals surface area contributed by atoms with Crippen molar-refractivity contribution in [3.05, 3.63) is 65.6 Å². The van der Waals surface area contributed by atoms with Gasteiger partial charge in [-0.05, 0) is 37.6 Å². The lowest BCUT2D eigenvalue weighted by atomic mass is 10.1. The van der Waals surface area contributed by atoms with Gasteiger partial charge in [-0.2, -0.15) is 0 Å². The van der Waals surface area contributed by atoms with E-state index in [1.807, 2.05) is 26.0 Å². The molecule has 0 saturated carbocycles. The summed E-state index contributed by atoms with van der Waals surface area (Å²) in [7, 11) is 3.09. The van der Waals surface area contributed by atoms with Gasteiger partial charge in [0.05, 0.1) is 19.9 Å². The van der Waals surface area contributed by atoms with Crippen LogP contribution in [0.5, 0.6) is 11.5 Å². The number of aryl methyl sites for hydroxylation is 2. The highest BCUT2D eigenvalue weighted by Gasteiger charge is 2.13. The topological polar surface area (TPSA) is 85.4 Å². The molecule has 28 heavy (non-hydrogen) atoms. The zero-order chi connectivity index (χ0) is 20.1. The van der Waals surface area contributed by atoms with Crippen molar-refractivity contribution in [3.63, 3.8) is 0 Å². The predicted octanol–water partition coefficient (Wildman–Crippen LogP) is 4.11. The number of anilines is 3. The number of ether oxygens (including phenoxy) is 2. The minimum absolute atomic E-state index is 0.229. The first kappa shape index (κ1) is 19.2. The Kier molecular flexibility index (Phi) is 5.74. The molecule has 7 heteroatoms. The molecule has 7 nitrogen and oxygen atoms in total. The van der Waals surface area contributed by atoms with Crippen LogP contribution in [0.2, 0.25) is 0 Å². The van der Waals surface area contributed by atoms with Gasteiger partial charge >= 0.3 is 0 Å². The van der Waals surface area contributed by atoms with E-state index < -0.39 is 0 Å². The maximum atomic E-state index is 12.7. The van der Waals surface area contributed by atoms with Crippen molar-refractivity contribution in [1.82, 2.24) is 9.97 Å². The molecule has 0 fully saturated rings. The van der Waals surface area contributed by atoms with E-state index in [0.717, 1.165) is 11.3 Å². The number of rotatable bonds is 6. The molecule has 0 aliphatic rings. The summed E-state index contributed by atoms with van der Waals surface area (Å²) < 4.78 is 10.5. The fourth-order valence-corrected chi connectivity index (χ4v) is 2.74. The molecule has 144 valence electrons. The lowest BCUT2D eigenvalue weighted by molar-refractivity contribution is 0.102. The summed E-state index contributed by atoms with van der Waals surface area (Å²) in [4.78, 5) is 21.0. The van der Waals surface area contributed by atoms with Crippen molar-refractivity contribution in [2.24, 2.45) is 0 Å². The van der Waals surface area contributed by atoms with Gasteiger partial charge in [-0.1, -0.05) is 17.7 Å². The van der Waals surface area contributed by atoms with Gasteiger partial charge in [-0.3, -0.25) is 4.79 Å². The lowest BCUT2D eigenvalue weighted by Gasteiger charge is -2.12. The quantitative estimate of drug-likeness (QED) is 0.671. The zero-order valence-electron chi connectivity index (χ0n) is 16.2. The molecule has 2 aromatic carbocycles. The Labute approximate surface area is 163 Å². The van der Waals surface area contributed by atoms with E-state index in [1.165, 1.54) is 19.0 Å². The van der Waals surface area contributed by atoms with Crippen LogP contribution in [0.25, 0.3) is 0 Å². The molecule has 0 saturated heterocycles. The van der Waals surface area contributed by atoms with Crippen LogP contribution in [-0.2, 0) is 0 Å². The Balaban J connectivity index is 1.81. The Bertz CT molecular complexity index is 1000. The van der Waals surface area contributed by atoms with Crippen LogP contribution in [0.15, 0.2) is 48.8 Å². The van der Waals surface area contributed by atoms with E-state index in [4.69, 9.17) is 9.47 Å². The molecule has 0 unspecified atom stereocenters. The molecule has 1 aromatic heterocycles. The summed E-state index contributed by atoms with van der Waals surface area (Å²) in [5.41, 5.74) is 3.91. The van der Waals surface area contributed by atoms with E-state index in [9.17, 15) is 4.79 Å². The first-order chi connectivity index (χ1) is 13.5. The number of aromatic nitrogens is 2. The van der Waals surface area contributed by atoms with Crippen LogP contribution in [-0.4, -0.2) is 30.1 Å². The van der Waals surface area contributed by atoms with E-state index in [0.29, 0.717) is 23.0 Å². The smallest absolute Gasteiger partial charge is 0.274 e. The number of hydrogen-bond acceptors (Lipinski definition) is 6. The van der Waals surface area contributed by atoms with Gasteiger partial charge in [0.15, 0.2) is 0 Å². The van der Waals surface area contributed by atoms with Crippen LogP contribution in [0.3, 0.4) is 0 Å². The normalized spacial score (nSPS) is 10.3. The highest BCUT2D eigenvalue weighted by atomic mass is 16.5. The highest BCUT2D eigenvalue weighted by molar-refractivity contribution is 6.04. The molecule has 2 N–H and O–H groups in total. The van der Waals surface area contributed by atoms with Crippen molar-refractivity contribution in [2.75, 3.05) is 24.9 Å². The molecule has 0 spiro atoms. The van der Waals surface area contributed by atoms with E-state index in [2.05, 4.69) is 26.7 Å². The molecular formula is C21H22N4O3. The molecule has 3 aromatic rings. The van der Waals surface area contributed by atoms with Gasteiger partial charge in [0.2, 0.25) is 0 Å². The van der Waals surface area contributed by atoms with Crippen molar-refractivity contribution in [2.45, 2.75) is 13.8 Å². The first-order valence-corrected chi connectivity index (χ1v) is 8.70. The Hall–Kier alpha value is -3.61. The molecule has 0 bridgehead atoms. The molecular weight excluding hydrogens is 356 g/mol. The second-order valence-corrected chi connectivity index (χ2v) is 6.25. The van der Waals surface area contributed by atoms with E-state index in [-0.39, 0.29) is 11.6 Å². The summed E-state index contributed by atoms with van der Waals surface area (Å²) in [6.07, 6.45) is 1.35. The monoisotopic (exact) mass is 378 g/mol. The maximum Gasteiger partial charge on any atom is 0.274 e. The average molecular weight is 378 g/mol. The number of amides is 1. The first-order valence-electron chi connectivity index (χ1n) is 8.70. The van der Waals surface area contributed by atoms with Crippen LogP contribution in [0.4, 0.5) is 17.2 Å². The Morgan fingerprint density at radius 3 is 2.46 bits per heavy atom.